The zero-order chi connectivity index (χ0) is 15.0. The van der Waals surface area contributed by atoms with E-state index in [1.54, 1.807) is 0 Å². The maximum atomic E-state index is 4.37. The van der Waals surface area contributed by atoms with E-state index < -0.39 is 0 Å². The lowest BCUT2D eigenvalue weighted by molar-refractivity contribution is 0.200. The quantitative estimate of drug-likeness (QED) is 0.556. The number of hydrogen-bond acceptors (Lipinski definition) is 2. The fraction of sp³-hybridized carbons (Fsp3) is 0.938. The lowest BCUT2D eigenvalue weighted by Gasteiger charge is -2.32. The van der Waals surface area contributed by atoms with Crippen LogP contribution >= 0.6 is 0 Å². The average Bonchev–Trinajstić information content (AvgIpc) is 2.94. The van der Waals surface area contributed by atoms with Gasteiger partial charge in [0.1, 0.15) is 0 Å². The Bertz CT molecular complexity index is 278. The Morgan fingerprint density at radius 3 is 2.25 bits per heavy atom. The van der Waals surface area contributed by atoms with Gasteiger partial charge in [0, 0.05) is 25.7 Å². The van der Waals surface area contributed by atoms with Crippen molar-refractivity contribution in [1.82, 2.24) is 15.5 Å². The molecule has 4 nitrogen and oxygen atoms in total. The normalized spacial score (nSPS) is 18.9. The number of rotatable bonds is 7. The first-order valence-corrected chi connectivity index (χ1v) is 8.25. The average molecular weight is 282 g/mol. The summed E-state index contributed by atoms with van der Waals surface area (Å²) in [5, 5.41) is 7.08. The predicted molar refractivity (Wildman–Crippen MR) is 88.3 cm³/mol. The van der Waals surface area contributed by atoms with Crippen molar-refractivity contribution in [3.63, 3.8) is 0 Å². The molecule has 4 heteroatoms. The first-order valence-electron chi connectivity index (χ1n) is 8.25. The van der Waals surface area contributed by atoms with E-state index in [4.69, 9.17) is 0 Å². The SMILES string of the molecule is CCC(CC)C(CNC(=NC)NC1CCCC1)N(C)C. The van der Waals surface area contributed by atoms with Crippen LogP contribution in [0.5, 0.6) is 0 Å². The number of nitrogens with one attached hydrogen (secondary N) is 2. The van der Waals surface area contributed by atoms with E-state index in [0.29, 0.717) is 12.1 Å². The van der Waals surface area contributed by atoms with Gasteiger partial charge in [0.15, 0.2) is 5.96 Å². The van der Waals surface area contributed by atoms with Gasteiger partial charge in [-0.05, 0) is 32.9 Å². The molecule has 1 saturated carbocycles. The summed E-state index contributed by atoms with van der Waals surface area (Å²) in [5.74, 6) is 1.71. The van der Waals surface area contributed by atoms with Crippen LogP contribution in [0, 0.1) is 5.92 Å². The highest BCUT2D eigenvalue weighted by Gasteiger charge is 2.21. The standard InChI is InChI=1S/C16H34N4/c1-6-13(7-2)15(20(4)5)12-18-16(17-3)19-14-10-8-9-11-14/h13-15H,6-12H2,1-5H3,(H2,17,18,19). The van der Waals surface area contributed by atoms with Gasteiger partial charge in [-0.3, -0.25) is 4.99 Å². The Balaban J connectivity index is 2.47. The minimum absolute atomic E-state index is 0.562. The van der Waals surface area contributed by atoms with Crippen LogP contribution in [0.3, 0.4) is 0 Å². The van der Waals surface area contributed by atoms with E-state index >= 15 is 0 Å². The summed E-state index contributed by atoms with van der Waals surface area (Å²) in [6.45, 7) is 5.54. The van der Waals surface area contributed by atoms with Gasteiger partial charge in [0.2, 0.25) is 0 Å². The van der Waals surface area contributed by atoms with Gasteiger partial charge >= 0.3 is 0 Å². The summed E-state index contributed by atoms with van der Waals surface area (Å²) in [7, 11) is 6.22. The zero-order valence-corrected chi connectivity index (χ0v) is 14.1. The molecule has 1 unspecified atom stereocenters. The van der Waals surface area contributed by atoms with Crippen molar-refractivity contribution in [2.24, 2.45) is 10.9 Å². The van der Waals surface area contributed by atoms with Crippen LogP contribution in [-0.2, 0) is 0 Å². The molecule has 1 fully saturated rings. The van der Waals surface area contributed by atoms with Crippen molar-refractivity contribution in [2.75, 3.05) is 27.7 Å². The van der Waals surface area contributed by atoms with Crippen molar-refractivity contribution >= 4 is 5.96 Å². The number of aliphatic imine (C=N–C) groups is 1. The van der Waals surface area contributed by atoms with Crippen molar-refractivity contribution in [1.29, 1.82) is 0 Å². The lowest BCUT2D eigenvalue weighted by atomic mass is 9.93. The molecule has 1 aliphatic carbocycles. The van der Waals surface area contributed by atoms with Gasteiger partial charge in [-0.15, -0.1) is 0 Å². The molecule has 0 heterocycles. The van der Waals surface area contributed by atoms with E-state index in [-0.39, 0.29) is 0 Å². The predicted octanol–water partition coefficient (Wildman–Crippen LogP) is 2.46. The second kappa shape index (κ2) is 9.22. The Morgan fingerprint density at radius 1 is 1.20 bits per heavy atom. The van der Waals surface area contributed by atoms with Gasteiger partial charge in [0.05, 0.1) is 0 Å². The van der Waals surface area contributed by atoms with Crippen LogP contribution in [0.4, 0.5) is 0 Å². The van der Waals surface area contributed by atoms with Crippen LogP contribution in [0.25, 0.3) is 0 Å². The fourth-order valence-electron chi connectivity index (χ4n) is 3.26. The van der Waals surface area contributed by atoms with E-state index in [2.05, 4.69) is 48.5 Å². The largest absolute Gasteiger partial charge is 0.355 e. The first kappa shape index (κ1) is 17.3. The molecular weight excluding hydrogens is 248 g/mol. The third-order valence-electron chi connectivity index (χ3n) is 4.65. The molecule has 0 saturated heterocycles. The van der Waals surface area contributed by atoms with Crippen LogP contribution in [0.1, 0.15) is 52.4 Å². The molecule has 0 aromatic rings. The number of hydrogen-bond donors (Lipinski definition) is 2. The van der Waals surface area contributed by atoms with E-state index in [0.717, 1.165) is 18.4 Å². The van der Waals surface area contributed by atoms with Crippen LogP contribution < -0.4 is 10.6 Å². The molecule has 0 radical (unpaired) electrons. The van der Waals surface area contributed by atoms with Crippen molar-refractivity contribution < 1.29 is 0 Å². The third-order valence-corrected chi connectivity index (χ3v) is 4.65. The molecule has 0 aromatic heterocycles. The molecule has 0 aliphatic heterocycles. The van der Waals surface area contributed by atoms with E-state index in [1.807, 2.05) is 7.05 Å². The van der Waals surface area contributed by atoms with Crippen LogP contribution in [0.2, 0.25) is 0 Å². The Morgan fingerprint density at radius 2 is 1.80 bits per heavy atom. The molecule has 20 heavy (non-hydrogen) atoms. The van der Waals surface area contributed by atoms with Crippen molar-refractivity contribution in [3.05, 3.63) is 0 Å². The Hall–Kier alpha value is -0.770. The third kappa shape index (κ3) is 5.31. The van der Waals surface area contributed by atoms with Crippen LogP contribution in [-0.4, -0.2) is 50.6 Å². The summed E-state index contributed by atoms with van der Waals surface area (Å²) in [4.78, 5) is 6.71. The van der Waals surface area contributed by atoms with Gasteiger partial charge in [-0.2, -0.15) is 0 Å². The second-order valence-corrected chi connectivity index (χ2v) is 6.19. The lowest BCUT2D eigenvalue weighted by Crippen LogP contribution is -2.49. The number of nitrogens with zero attached hydrogens (tertiary/aromatic N) is 2. The zero-order valence-electron chi connectivity index (χ0n) is 14.1. The first-order chi connectivity index (χ1) is 9.62. The molecule has 1 rings (SSSR count). The van der Waals surface area contributed by atoms with Gasteiger partial charge in [-0.1, -0.05) is 39.5 Å². The van der Waals surface area contributed by atoms with Crippen LogP contribution in [0.15, 0.2) is 4.99 Å². The molecule has 118 valence electrons. The van der Waals surface area contributed by atoms with Gasteiger partial charge in [0.25, 0.3) is 0 Å². The molecule has 0 amide bonds. The smallest absolute Gasteiger partial charge is 0.191 e. The second-order valence-electron chi connectivity index (χ2n) is 6.19. The molecule has 2 N–H and O–H groups in total. The summed E-state index contributed by atoms with van der Waals surface area (Å²) in [6.07, 6.45) is 7.73. The van der Waals surface area contributed by atoms with Gasteiger partial charge < -0.3 is 15.5 Å². The minimum Gasteiger partial charge on any atom is -0.355 e. The molecule has 0 bridgehead atoms. The summed E-state index contributed by atoms with van der Waals surface area (Å²) >= 11 is 0. The molecule has 0 spiro atoms. The maximum absolute atomic E-state index is 4.37. The highest BCUT2D eigenvalue weighted by atomic mass is 15.2. The van der Waals surface area contributed by atoms with Crippen molar-refractivity contribution in [3.8, 4) is 0 Å². The Kier molecular flexibility index (Phi) is 7.97. The highest BCUT2D eigenvalue weighted by Crippen LogP contribution is 2.18. The summed E-state index contributed by atoms with van der Waals surface area (Å²) in [6, 6.07) is 1.18. The summed E-state index contributed by atoms with van der Waals surface area (Å²) in [5.41, 5.74) is 0. The molecular formula is C16H34N4. The maximum Gasteiger partial charge on any atom is 0.191 e. The fourth-order valence-corrected chi connectivity index (χ4v) is 3.26. The monoisotopic (exact) mass is 282 g/mol. The number of guanidine groups is 1. The summed E-state index contributed by atoms with van der Waals surface area (Å²) < 4.78 is 0. The molecule has 0 aromatic carbocycles. The van der Waals surface area contributed by atoms with E-state index in [1.165, 1.54) is 38.5 Å². The highest BCUT2D eigenvalue weighted by molar-refractivity contribution is 5.80. The van der Waals surface area contributed by atoms with Crippen molar-refractivity contribution in [2.45, 2.75) is 64.5 Å². The Labute approximate surface area is 125 Å². The topological polar surface area (TPSA) is 39.7 Å². The number of likely N-dealkylation sites (N-methyl/N-ethyl adjacent to an activating group) is 1. The molecule has 1 aliphatic rings. The minimum atomic E-state index is 0.562. The molecule has 1 atom stereocenters. The van der Waals surface area contributed by atoms with Gasteiger partial charge in [-0.25, -0.2) is 0 Å². The van der Waals surface area contributed by atoms with E-state index in [9.17, 15) is 0 Å².